The summed E-state index contributed by atoms with van der Waals surface area (Å²) in [4.78, 5) is 24.3. The predicted molar refractivity (Wildman–Crippen MR) is 72.0 cm³/mol. The van der Waals surface area contributed by atoms with E-state index >= 15 is 0 Å². The number of fused-ring (bicyclic) bond motifs is 1. The Labute approximate surface area is 117 Å². The molecular weight excluding hydrogens is 258 g/mol. The molecule has 5 heteroatoms. The van der Waals surface area contributed by atoms with Crippen molar-refractivity contribution >= 4 is 11.7 Å². The fraction of sp³-hybridized carbons (Fsp3) is 0.467. The zero-order chi connectivity index (χ0) is 13.9. The highest BCUT2D eigenvalue weighted by atomic mass is 16.6. The minimum Gasteiger partial charge on any atom is -0.376 e. The van der Waals surface area contributed by atoms with Crippen LogP contribution in [0.25, 0.3) is 0 Å². The Bertz CT molecular complexity index is 535. The molecule has 0 saturated carbocycles. The molecule has 1 unspecified atom stereocenters. The van der Waals surface area contributed by atoms with Crippen molar-refractivity contribution in [3.63, 3.8) is 0 Å². The number of ether oxygens (including phenoxy) is 2. The summed E-state index contributed by atoms with van der Waals surface area (Å²) < 4.78 is 10.7. The number of carbonyl (C=O) groups excluding carboxylic acids is 2. The molecule has 1 saturated heterocycles. The van der Waals surface area contributed by atoms with Gasteiger partial charge >= 0.3 is 0 Å². The van der Waals surface area contributed by atoms with Crippen molar-refractivity contribution < 1.29 is 19.1 Å². The molecule has 0 aliphatic carbocycles. The molecule has 2 aliphatic heterocycles. The van der Waals surface area contributed by atoms with Crippen molar-refractivity contribution in [1.82, 2.24) is 5.32 Å². The van der Waals surface area contributed by atoms with Crippen LogP contribution >= 0.6 is 0 Å². The molecular formula is C15H17NO4. The van der Waals surface area contributed by atoms with Gasteiger partial charge < -0.3 is 14.8 Å². The van der Waals surface area contributed by atoms with Crippen molar-refractivity contribution in [2.75, 3.05) is 26.4 Å². The van der Waals surface area contributed by atoms with Gasteiger partial charge in [-0.15, -0.1) is 0 Å². The number of nitrogens with one attached hydrogen (secondary N) is 1. The molecule has 0 bridgehead atoms. The molecule has 1 amide bonds. The summed E-state index contributed by atoms with van der Waals surface area (Å²) >= 11 is 0. The summed E-state index contributed by atoms with van der Waals surface area (Å²) in [5, 5.41) is 2.84. The number of rotatable bonds is 2. The Balaban J connectivity index is 1.87. The highest BCUT2D eigenvalue weighted by Crippen LogP contribution is 2.19. The maximum atomic E-state index is 12.3. The largest absolute Gasteiger partial charge is 0.376 e. The molecule has 20 heavy (non-hydrogen) atoms. The smallest absolute Gasteiger partial charge is 0.251 e. The third-order valence-corrected chi connectivity index (χ3v) is 3.66. The number of ketones is 1. The second kappa shape index (κ2) is 5.73. The van der Waals surface area contributed by atoms with E-state index in [9.17, 15) is 9.59 Å². The summed E-state index contributed by atoms with van der Waals surface area (Å²) in [6.07, 6.45) is 1.22. The van der Waals surface area contributed by atoms with Gasteiger partial charge in [-0.2, -0.15) is 0 Å². The maximum Gasteiger partial charge on any atom is 0.251 e. The van der Waals surface area contributed by atoms with Crippen molar-refractivity contribution in [2.45, 2.75) is 18.9 Å². The van der Waals surface area contributed by atoms with Gasteiger partial charge in [-0.25, -0.2) is 0 Å². The van der Waals surface area contributed by atoms with Crippen LogP contribution in [0.3, 0.4) is 0 Å². The summed E-state index contributed by atoms with van der Waals surface area (Å²) in [6.45, 7) is 1.91. The summed E-state index contributed by atoms with van der Waals surface area (Å²) in [6, 6.07) is 5.32. The highest BCUT2D eigenvalue weighted by Gasteiger charge is 2.25. The van der Waals surface area contributed by atoms with E-state index in [1.807, 2.05) is 6.07 Å². The molecule has 0 aromatic heterocycles. The van der Waals surface area contributed by atoms with E-state index in [0.29, 0.717) is 30.9 Å². The highest BCUT2D eigenvalue weighted by molar-refractivity contribution is 6.03. The Morgan fingerprint density at radius 3 is 3.00 bits per heavy atom. The van der Waals surface area contributed by atoms with Gasteiger partial charge in [0.2, 0.25) is 0 Å². The standard InChI is InChI=1S/C15H17NO4/c17-14(13-9-19-6-7-20-13)11-4-3-10-2-1-5-16-15(18)12(10)8-11/h3-4,8,13H,1-2,5-7,9H2,(H,16,18). The summed E-state index contributed by atoms with van der Waals surface area (Å²) in [5.74, 6) is -0.225. The van der Waals surface area contributed by atoms with Crippen LogP contribution in [0.5, 0.6) is 0 Å². The zero-order valence-corrected chi connectivity index (χ0v) is 11.2. The number of aryl methyl sites for hydroxylation is 1. The average molecular weight is 275 g/mol. The lowest BCUT2D eigenvalue weighted by atomic mass is 9.97. The summed E-state index contributed by atoms with van der Waals surface area (Å²) in [7, 11) is 0. The van der Waals surface area contributed by atoms with Gasteiger partial charge in [0, 0.05) is 17.7 Å². The normalized spacial score (nSPS) is 22.6. The third kappa shape index (κ3) is 2.59. The average Bonchev–Trinajstić information content (AvgIpc) is 2.69. The minimum atomic E-state index is -0.560. The fourth-order valence-electron chi connectivity index (χ4n) is 2.56. The first-order chi connectivity index (χ1) is 9.75. The molecule has 3 rings (SSSR count). The van der Waals surface area contributed by atoms with Crippen molar-refractivity contribution in [3.05, 3.63) is 34.9 Å². The topological polar surface area (TPSA) is 64.6 Å². The third-order valence-electron chi connectivity index (χ3n) is 3.66. The van der Waals surface area contributed by atoms with Gasteiger partial charge in [-0.3, -0.25) is 9.59 Å². The van der Waals surface area contributed by atoms with Gasteiger partial charge in [-0.05, 0) is 24.5 Å². The Morgan fingerprint density at radius 1 is 1.30 bits per heavy atom. The molecule has 1 N–H and O–H groups in total. The summed E-state index contributed by atoms with van der Waals surface area (Å²) in [5.41, 5.74) is 2.11. The molecule has 106 valence electrons. The Kier molecular flexibility index (Phi) is 3.80. The Hall–Kier alpha value is -1.72. The van der Waals surface area contributed by atoms with E-state index in [1.54, 1.807) is 12.1 Å². The second-order valence-electron chi connectivity index (χ2n) is 5.03. The van der Waals surface area contributed by atoms with Crippen molar-refractivity contribution in [1.29, 1.82) is 0 Å². The molecule has 5 nitrogen and oxygen atoms in total. The number of Topliss-reactive ketones (excluding diaryl/α,β-unsaturated/α-hetero) is 1. The lowest BCUT2D eigenvalue weighted by molar-refractivity contribution is -0.0719. The Morgan fingerprint density at radius 2 is 2.20 bits per heavy atom. The van der Waals surface area contributed by atoms with Crippen molar-refractivity contribution in [2.24, 2.45) is 0 Å². The van der Waals surface area contributed by atoms with E-state index in [0.717, 1.165) is 18.4 Å². The number of amides is 1. The molecule has 1 aromatic carbocycles. The number of benzene rings is 1. The molecule has 2 heterocycles. The number of hydrogen-bond donors (Lipinski definition) is 1. The van der Waals surface area contributed by atoms with Crippen LogP contribution in [0.1, 0.15) is 32.7 Å². The van der Waals surface area contributed by atoms with Crippen LogP contribution in [0.2, 0.25) is 0 Å². The molecule has 1 fully saturated rings. The quantitative estimate of drug-likeness (QED) is 0.817. The zero-order valence-electron chi connectivity index (χ0n) is 11.2. The van der Waals surface area contributed by atoms with E-state index < -0.39 is 6.10 Å². The van der Waals surface area contributed by atoms with Gasteiger partial charge in [0.05, 0.1) is 19.8 Å². The van der Waals surface area contributed by atoms with Gasteiger partial charge in [0.15, 0.2) is 5.78 Å². The van der Waals surface area contributed by atoms with Gasteiger partial charge in [0.25, 0.3) is 5.91 Å². The first-order valence-corrected chi connectivity index (χ1v) is 6.90. The number of hydrogen-bond acceptors (Lipinski definition) is 4. The van der Waals surface area contributed by atoms with E-state index in [1.165, 1.54) is 0 Å². The SMILES string of the molecule is O=C1NCCCc2ccc(C(=O)C3COCCO3)cc21. The molecule has 0 radical (unpaired) electrons. The van der Waals surface area contributed by atoms with Gasteiger partial charge in [0.1, 0.15) is 6.10 Å². The van der Waals surface area contributed by atoms with E-state index in [2.05, 4.69) is 5.32 Å². The lowest BCUT2D eigenvalue weighted by Gasteiger charge is -2.22. The van der Waals surface area contributed by atoms with Crippen LogP contribution < -0.4 is 5.32 Å². The fourth-order valence-corrected chi connectivity index (χ4v) is 2.56. The molecule has 1 aromatic rings. The van der Waals surface area contributed by atoms with Crippen LogP contribution in [0.15, 0.2) is 18.2 Å². The molecule has 1 atom stereocenters. The molecule has 2 aliphatic rings. The van der Waals surface area contributed by atoms with Crippen LogP contribution in [-0.2, 0) is 15.9 Å². The predicted octanol–water partition coefficient (Wildman–Crippen LogP) is 0.961. The van der Waals surface area contributed by atoms with Crippen LogP contribution in [0, 0.1) is 0 Å². The van der Waals surface area contributed by atoms with Crippen LogP contribution in [0.4, 0.5) is 0 Å². The lowest BCUT2D eigenvalue weighted by Crippen LogP contribution is -2.35. The van der Waals surface area contributed by atoms with E-state index in [4.69, 9.17) is 9.47 Å². The minimum absolute atomic E-state index is 0.104. The van der Waals surface area contributed by atoms with Crippen LogP contribution in [-0.4, -0.2) is 44.2 Å². The molecule has 0 spiro atoms. The van der Waals surface area contributed by atoms with E-state index in [-0.39, 0.29) is 18.3 Å². The van der Waals surface area contributed by atoms with Gasteiger partial charge in [-0.1, -0.05) is 12.1 Å². The first-order valence-electron chi connectivity index (χ1n) is 6.90. The first kappa shape index (κ1) is 13.3. The van der Waals surface area contributed by atoms with Crippen molar-refractivity contribution in [3.8, 4) is 0 Å². The maximum absolute atomic E-state index is 12.3. The number of carbonyl (C=O) groups is 2. The monoisotopic (exact) mass is 275 g/mol. The second-order valence-corrected chi connectivity index (χ2v) is 5.03.